The molecule has 0 bridgehead atoms. The Morgan fingerprint density at radius 1 is 1.12 bits per heavy atom. The second kappa shape index (κ2) is 3.96. The van der Waals surface area contributed by atoms with Crippen molar-refractivity contribution in [2.45, 2.75) is 6.92 Å². The van der Waals surface area contributed by atoms with Gasteiger partial charge in [0.15, 0.2) is 0 Å². The third-order valence-electron chi connectivity index (χ3n) is 2.71. The van der Waals surface area contributed by atoms with Crippen LogP contribution < -0.4 is 0 Å². The van der Waals surface area contributed by atoms with Gasteiger partial charge in [-0.2, -0.15) is 0 Å². The molecular weight excluding hydrogens is 278 g/mol. The first-order valence-electron chi connectivity index (χ1n) is 5.30. The predicted octanol–water partition coefficient (Wildman–Crippen LogP) is 3.47. The zero-order valence-corrected chi connectivity index (χ0v) is 10.8. The number of nitrogens with zero attached hydrogens (tertiary/aromatic N) is 3. The molecule has 0 aliphatic heterocycles. The van der Waals surface area contributed by atoms with Crippen LogP contribution in [0.25, 0.3) is 16.9 Å². The monoisotopic (exact) mass is 287 g/mol. The quantitative estimate of drug-likeness (QED) is 0.686. The number of benzene rings is 1. The van der Waals surface area contributed by atoms with E-state index in [2.05, 4.69) is 57.1 Å². The van der Waals surface area contributed by atoms with E-state index >= 15 is 0 Å². The highest BCUT2D eigenvalue weighted by atomic mass is 79.9. The summed E-state index contributed by atoms with van der Waals surface area (Å²) in [5.74, 6) is 0.903. The van der Waals surface area contributed by atoms with Crippen LogP contribution in [0.1, 0.15) is 5.56 Å². The maximum atomic E-state index is 4.53. The Morgan fingerprint density at radius 2 is 1.88 bits per heavy atom. The Hall–Kier alpha value is -1.68. The predicted molar refractivity (Wildman–Crippen MR) is 70.9 cm³/mol. The number of rotatable bonds is 1. The van der Waals surface area contributed by atoms with Gasteiger partial charge in [-0.1, -0.05) is 29.8 Å². The van der Waals surface area contributed by atoms with Crippen molar-refractivity contribution in [3.05, 3.63) is 53.0 Å². The van der Waals surface area contributed by atoms with Crippen molar-refractivity contribution in [3.8, 4) is 11.4 Å². The van der Waals surface area contributed by atoms with Gasteiger partial charge in [0.25, 0.3) is 0 Å². The first-order valence-corrected chi connectivity index (χ1v) is 6.09. The number of aryl methyl sites for hydroxylation is 1. The molecule has 0 saturated heterocycles. The lowest BCUT2D eigenvalue weighted by Crippen LogP contribution is -1.90. The van der Waals surface area contributed by atoms with Gasteiger partial charge < -0.3 is 0 Å². The average molecular weight is 288 g/mol. The normalized spacial score (nSPS) is 10.9. The molecule has 3 rings (SSSR count). The number of hydrogen-bond donors (Lipinski definition) is 0. The van der Waals surface area contributed by atoms with E-state index in [0.717, 1.165) is 21.5 Å². The highest BCUT2D eigenvalue weighted by Gasteiger charge is 2.10. The molecule has 0 atom stereocenters. The summed E-state index contributed by atoms with van der Waals surface area (Å²) >= 11 is 3.47. The van der Waals surface area contributed by atoms with Crippen molar-refractivity contribution in [1.82, 2.24) is 14.4 Å². The molecule has 0 aliphatic rings. The third kappa shape index (κ3) is 1.74. The summed E-state index contributed by atoms with van der Waals surface area (Å²) in [6.45, 7) is 2.07. The van der Waals surface area contributed by atoms with Gasteiger partial charge in [-0.3, -0.25) is 4.40 Å². The Morgan fingerprint density at radius 3 is 2.65 bits per heavy atom. The Bertz CT molecular complexity index is 671. The maximum absolute atomic E-state index is 4.53. The van der Waals surface area contributed by atoms with E-state index in [9.17, 15) is 0 Å². The van der Waals surface area contributed by atoms with Crippen molar-refractivity contribution < 1.29 is 0 Å². The number of aromatic nitrogens is 3. The lowest BCUT2D eigenvalue weighted by Gasteiger charge is -2.00. The summed E-state index contributed by atoms with van der Waals surface area (Å²) in [5.41, 5.74) is 3.35. The Labute approximate surface area is 107 Å². The first-order chi connectivity index (χ1) is 8.25. The van der Waals surface area contributed by atoms with Crippen LogP contribution in [0.3, 0.4) is 0 Å². The fourth-order valence-corrected chi connectivity index (χ4v) is 2.30. The zero-order valence-electron chi connectivity index (χ0n) is 9.26. The minimum absolute atomic E-state index is 0.843. The summed E-state index contributed by atoms with van der Waals surface area (Å²) in [7, 11) is 0. The fourth-order valence-electron chi connectivity index (χ4n) is 1.81. The Balaban J connectivity index is 2.27. The molecule has 84 valence electrons. The second-order valence-electron chi connectivity index (χ2n) is 3.93. The van der Waals surface area contributed by atoms with Gasteiger partial charge in [0.05, 0.1) is 5.52 Å². The van der Waals surface area contributed by atoms with E-state index < -0.39 is 0 Å². The van der Waals surface area contributed by atoms with Crippen LogP contribution in [-0.4, -0.2) is 14.4 Å². The van der Waals surface area contributed by atoms with Gasteiger partial charge in [-0.15, -0.1) is 0 Å². The molecule has 0 unspecified atom stereocenters. The number of imidazole rings is 1. The lowest BCUT2D eigenvalue weighted by molar-refractivity contribution is 1.08. The van der Waals surface area contributed by atoms with Crippen LogP contribution >= 0.6 is 15.9 Å². The van der Waals surface area contributed by atoms with Crippen molar-refractivity contribution >= 4 is 21.4 Å². The average Bonchev–Trinajstić information content (AvgIpc) is 2.69. The van der Waals surface area contributed by atoms with Crippen molar-refractivity contribution in [3.63, 3.8) is 0 Å². The van der Waals surface area contributed by atoms with E-state index in [1.54, 1.807) is 12.5 Å². The van der Waals surface area contributed by atoms with Crippen molar-refractivity contribution in [2.75, 3.05) is 0 Å². The van der Waals surface area contributed by atoms with Crippen molar-refractivity contribution in [1.29, 1.82) is 0 Å². The molecule has 4 heteroatoms. The van der Waals surface area contributed by atoms with Crippen LogP contribution in [0.5, 0.6) is 0 Å². The summed E-state index contributed by atoms with van der Waals surface area (Å²) in [5, 5.41) is 0. The topological polar surface area (TPSA) is 30.2 Å². The molecule has 0 spiro atoms. The fraction of sp³-hybridized carbons (Fsp3) is 0.0769. The highest BCUT2D eigenvalue weighted by Crippen LogP contribution is 2.25. The molecule has 0 N–H and O–H groups in total. The van der Waals surface area contributed by atoms with Gasteiger partial charge in [-0.25, -0.2) is 9.97 Å². The molecular formula is C13H10BrN3. The molecule has 3 nitrogen and oxygen atoms in total. The minimum atomic E-state index is 0.843. The summed E-state index contributed by atoms with van der Waals surface area (Å²) in [4.78, 5) is 8.66. The van der Waals surface area contributed by atoms with Crippen LogP contribution in [0.4, 0.5) is 0 Å². The zero-order chi connectivity index (χ0) is 11.8. The molecule has 0 radical (unpaired) electrons. The third-order valence-corrected chi connectivity index (χ3v) is 3.30. The van der Waals surface area contributed by atoms with Gasteiger partial charge in [-0.05, 0) is 28.9 Å². The van der Waals surface area contributed by atoms with Crippen LogP contribution in [-0.2, 0) is 0 Å². The van der Waals surface area contributed by atoms with E-state index in [1.807, 2.05) is 10.5 Å². The molecule has 1 aromatic carbocycles. The van der Waals surface area contributed by atoms with Gasteiger partial charge >= 0.3 is 0 Å². The minimum Gasteiger partial charge on any atom is -0.282 e. The standard InChI is InChI=1S/C13H10BrN3/c1-9-2-4-10(5-3-9)13-16-12(14)11-6-7-15-8-17(11)13/h2-8H,1H3. The second-order valence-corrected chi connectivity index (χ2v) is 4.68. The molecule has 3 aromatic rings. The highest BCUT2D eigenvalue weighted by molar-refractivity contribution is 9.10. The van der Waals surface area contributed by atoms with E-state index in [1.165, 1.54) is 5.56 Å². The van der Waals surface area contributed by atoms with E-state index in [0.29, 0.717) is 0 Å². The van der Waals surface area contributed by atoms with E-state index in [-0.39, 0.29) is 0 Å². The molecule has 0 fully saturated rings. The molecule has 2 heterocycles. The number of halogens is 1. The summed E-state index contributed by atoms with van der Waals surface area (Å²) in [6, 6.07) is 10.3. The Kier molecular flexibility index (Phi) is 2.44. The van der Waals surface area contributed by atoms with Gasteiger partial charge in [0, 0.05) is 11.8 Å². The molecule has 0 aliphatic carbocycles. The molecule has 17 heavy (non-hydrogen) atoms. The first kappa shape index (κ1) is 10.5. The van der Waals surface area contributed by atoms with Crippen LogP contribution in [0.15, 0.2) is 47.5 Å². The van der Waals surface area contributed by atoms with Gasteiger partial charge in [0.2, 0.25) is 0 Å². The molecule has 0 saturated carbocycles. The van der Waals surface area contributed by atoms with Crippen molar-refractivity contribution in [2.24, 2.45) is 0 Å². The largest absolute Gasteiger partial charge is 0.282 e. The maximum Gasteiger partial charge on any atom is 0.147 e. The smallest absolute Gasteiger partial charge is 0.147 e. The number of hydrogen-bond acceptors (Lipinski definition) is 2. The lowest BCUT2D eigenvalue weighted by atomic mass is 10.1. The number of fused-ring (bicyclic) bond motifs is 1. The summed E-state index contributed by atoms with van der Waals surface area (Å²) in [6.07, 6.45) is 3.54. The summed E-state index contributed by atoms with van der Waals surface area (Å²) < 4.78 is 2.82. The SMILES string of the molecule is Cc1ccc(-c2nc(Br)c3ccncn23)cc1. The van der Waals surface area contributed by atoms with Crippen LogP contribution in [0, 0.1) is 6.92 Å². The van der Waals surface area contributed by atoms with Gasteiger partial charge in [0.1, 0.15) is 16.8 Å². The molecule has 2 aromatic heterocycles. The van der Waals surface area contributed by atoms with E-state index in [4.69, 9.17) is 0 Å². The molecule has 0 amide bonds. The van der Waals surface area contributed by atoms with Crippen LogP contribution in [0.2, 0.25) is 0 Å².